The maximum atomic E-state index is 12.5. The Kier molecular flexibility index (Phi) is 2.19. The van der Waals surface area contributed by atoms with Crippen molar-refractivity contribution in [2.75, 3.05) is 19.7 Å². The van der Waals surface area contributed by atoms with Gasteiger partial charge in [0.1, 0.15) is 5.83 Å². The van der Waals surface area contributed by atoms with Crippen molar-refractivity contribution >= 4 is 0 Å². The first kappa shape index (κ1) is 6.71. The van der Waals surface area contributed by atoms with E-state index >= 15 is 0 Å². The van der Waals surface area contributed by atoms with E-state index < -0.39 is 0 Å². The third kappa shape index (κ3) is 1.50. The largest absolute Gasteiger partial charge is 0.392 e. The van der Waals surface area contributed by atoms with Crippen LogP contribution in [0.25, 0.3) is 0 Å². The number of halogens is 1. The summed E-state index contributed by atoms with van der Waals surface area (Å²) >= 11 is 0. The van der Waals surface area contributed by atoms with Crippen LogP contribution in [0, 0.1) is 0 Å². The van der Waals surface area contributed by atoms with Crippen LogP contribution >= 0.6 is 0 Å². The van der Waals surface area contributed by atoms with Crippen molar-refractivity contribution in [3.05, 3.63) is 11.4 Å². The van der Waals surface area contributed by atoms with Crippen molar-refractivity contribution in [1.82, 2.24) is 5.32 Å². The lowest BCUT2D eigenvalue weighted by molar-refractivity contribution is 0.315. The highest BCUT2D eigenvalue weighted by molar-refractivity contribution is 5.12. The van der Waals surface area contributed by atoms with Crippen molar-refractivity contribution in [3.8, 4) is 0 Å². The summed E-state index contributed by atoms with van der Waals surface area (Å²) in [4.78, 5) is 0. The predicted molar refractivity (Wildman–Crippen MR) is 32.7 cm³/mol. The molecule has 2 nitrogen and oxygen atoms in total. The van der Waals surface area contributed by atoms with Gasteiger partial charge in [-0.1, -0.05) is 0 Å². The molecule has 0 saturated heterocycles. The predicted octanol–water partition coefficient (Wildman–Crippen LogP) is 0.196. The standard InChI is InChI=1S/C6H10FNO/c7-6-3-8-2-1-5(6)4-9/h8-9H,1-4H2. The molecule has 9 heavy (non-hydrogen) atoms. The second-order valence-electron chi connectivity index (χ2n) is 2.09. The lowest BCUT2D eigenvalue weighted by Crippen LogP contribution is -2.24. The average molecular weight is 131 g/mol. The first-order valence-electron chi connectivity index (χ1n) is 3.02. The zero-order chi connectivity index (χ0) is 6.69. The molecule has 1 heterocycles. The van der Waals surface area contributed by atoms with Crippen LogP contribution in [-0.2, 0) is 0 Å². The Labute approximate surface area is 53.4 Å². The van der Waals surface area contributed by atoms with Gasteiger partial charge < -0.3 is 10.4 Å². The molecular weight excluding hydrogens is 121 g/mol. The second kappa shape index (κ2) is 2.94. The highest BCUT2D eigenvalue weighted by Crippen LogP contribution is 2.11. The molecule has 1 rings (SSSR count). The van der Waals surface area contributed by atoms with Gasteiger partial charge >= 0.3 is 0 Å². The van der Waals surface area contributed by atoms with Crippen LogP contribution in [0.3, 0.4) is 0 Å². The van der Waals surface area contributed by atoms with Gasteiger partial charge in [0.05, 0.1) is 6.61 Å². The van der Waals surface area contributed by atoms with Crippen molar-refractivity contribution in [2.24, 2.45) is 0 Å². The minimum absolute atomic E-state index is 0.131. The molecule has 2 N–H and O–H groups in total. The fourth-order valence-electron chi connectivity index (χ4n) is 0.863. The van der Waals surface area contributed by atoms with E-state index in [-0.39, 0.29) is 19.0 Å². The highest BCUT2D eigenvalue weighted by Gasteiger charge is 2.09. The van der Waals surface area contributed by atoms with Crippen LogP contribution in [0.2, 0.25) is 0 Å². The van der Waals surface area contributed by atoms with Crippen LogP contribution in [0.4, 0.5) is 4.39 Å². The maximum Gasteiger partial charge on any atom is 0.115 e. The zero-order valence-electron chi connectivity index (χ0n) is 5.15. The fraction of sp³-hybridized carbons (Fsp3) is 0.667. The second-order valence-corrected chi connectivity index (χ2v) is 2.09. The Morgan fingerprint density at radius 1 is 1.67 bits per heavy atom. The van der Waals surface area contributed by atoms with E-state index in [9.17, 15) is 4.39 Å². The number of hydrogen-bond donors (Lipinski definition) is 2. The summed E-state index contributed by atoms with van der Waals surface area (Å²) in [6.07, 6.45) is 0.641. The van der Waals surface area contributed by atoms with E-state index in [0.29, 0.717) is 12.0 Å². The van der Waals surface area contributed by atoms with Crippen molar-refractivity contribution in [3.63, 3.8) is 0 Å². The number of aliphatic hydroxyl groups excluding tert-OH is 1. The summed E-state index contributed by atoms with van der Waals surface area (Å²) in [5.41, 5.74) is 0.550. The number of aliphatic hydroxyl groups is 1. The topological polar surface area (TPSA) is 32.3 Å². The summed E-state index contributed by atoms with van der Waals surface area (Å²) < 4.78 is 12.5. The lowest BCUT2D eigenvalue weighted by Gasteiger charge is -2.13. The molecule has 0 aromatic rings. The first-order chi connectivity index (χ1) is 4.34. The van der Waals surface area contributed by atoms with E-state index in [2.05, 4.69) is 5.32 Å². The maximum absolute atomic E-state index is 12.5. The Balaban J connectivity index is 2.59. The summed E-state index contributed by atoms with van der Waals surface area (Å²) in [7, 11) is 0. The molecule has 0 aromatic heterocycles. The normalized spacial score (nSPS) is 20.7. The minimum atomic E-state index is -0.191. The molecule has 0 bridgehead atoms. The SMILES string of the molecule is OCC1=C(F)CNCC1. The Bertz CT molecular complexity index is 133. The van der Waals surface area contributed by atoms with E-state index in [1.165, 1.54) is 0 Å². The highest BCUT2D eigenvalue weighted by atomic mass is 19.1. The summed E-state index contributed by atoms with van der Waals surface area (Å²) in [5.74, 6) is -0.191. The molecule has 0 atom stereocenters. The van der Waals surface area contributed by atoms with Gasteiger partial charge in [-0.15, -0.1) is 0 Å². The van der Waals surface area contributed by atoms with Gasteiger partial charge in [-0.3, -0.25) is 0 Å². The molecule has 0 spiro atoms. The molecule has 0 fully saturated rings. The smallest absolute Gasteiger partial charge is 0.115 e. The van der Waals surface area contributed by atoms with Crippen LogP contribution in [0.1, 0.15) is 6.42 Å². The molecule has 0 aliphatic carbocycles. The van der Waals surface area contributed by atoms with Crippen LogP contribution in [0.15, 0.2) is 11.4 Å². The fourth-order valence-corrected chi connectivity index (χ4v) is 0.863. The molecular formula is C6H10FNO. The van der Waals surface area contributed by atoms with Gasteiger partial charge in [-0.05, 0) is 18.5 Å². The summed E-state index contributed by atoms with van der Waals surface area (Å²) in [6, 6.07) is 0. The van der Waals surface area contributed by atoms with Crippen molar-refractivity contribution in [2.45, 2.75) is 6.42 Å². The first-order valence-corrected chi connectivity index (χ1v) is 3.02. The van der Waals surface area contributed by atoms with E-state index in [1.807, 2.05) is 0 Å². The summed E-state index contributed by atoms with van der Waals surface area (Å²) in [6.45, 7) is 0.937. The van der Waals surface area contributed by atoms with E-state index in [4.69, 9.17) is 5.11 Å². The quantitative estimate of drug-likeness (QED) is 0.532. The van der Waals surface area contributed by atoms with Gasteiger partial charge in [-0.2, -0.15) is 0 Å². The molecule has 1 aliphatic heterocycles. The molecule has 0 amide bonds. The van der Waals surface area contributed by atoms with Gasteiger partial charge in [0.25, 0.3) is 0 Å². The van der Waals surface area contributed by atoms with E-state index in [0.717, 1.165) is 6.54 Å². The molecule has 52 valence electrons. The average Bonchev–Trinajstić information content (AvgIpc) is 1.89. The Morgan fingerprint density at radius 3 is 2.89 bits per heavy atom. The van der Waals surface area contributed by atoms with Crippen molar-refractivity contribution < 1.29 is 9.50 Å². The number of nitrogens with one attached hydrogen (secondary N) is 1. The zero-order valence-corrected chi connectivity index (χ0v) is 5.15. The molecule has 0 unspecified atom stereocenters. The molecule has 3 heteroatoms. The Morgan fingerprint density at radius 2 is 2.44 bits per heavy atom. The van der Waals surface area contributed by atoms with Crippen LogP contribution in [-0.4, -0.2) is 24.8 Å². The van der Waals surface area contributed by atoms with Gasteiger partial charge in [0.2, 0.25) is 0 Å². The number of rotatable bonds is 1. The Hall–Kier alpha value is -0.410. The minimum Gasteiger partial charge on any atom is -0.392 e. The molecule has 0 aromatic carbocycles. The third-order valence-electron chi connectivity index (χ3n) is 1.46. The molecule has 1 aliphatic rings. The third-order valence-corrected chi connectivity index (χ3v) is 1.46. The van der Waals surface area contributed by atoms with Gasteiger partial charge in [0.15, 0.2) is 0 Å². The molecule has 0 radical (unpaired) electrons. The van der Waals surface area contributed by atoms with Crippen LogP contribution < -0.4 is 5.32 Å². The van der Waals surface area contributed by atoms with Gasteiger partial charge in [-0.25, -0.2) is 4.39 Å². The number of hydrogen-bond acceptors (Lipinski definition) is 2. The lowest BCUT2D eigenvalue weighted by atomic mass is 10.1. The van der Waals surface area contributed by atoms with Crippen molar-refractivity contribution in [1.29, 1.82) is 0 Å². The van der Waals surface area contributed by atoms with Crippen LogP contribution in [0.5, 0.6) is 0 Å². The van der Waals surface area contributed by atoms with E-state index in [1.54, 1.807) is 0 Å². The monoisotopic (exact) mass is 131 g/mol. The van der Waals surface area contributed by atoms with Gasteiger partial charge in [0, 0.05) is 6.54 Å². The summed E-state index contributed by atoms with van der Waals surface area (Å²) in [5, 5.41) is 11.4. The molecule has 0 saturated carbocycles.